The third-order valence-electron chi connectivity index (χ3n) is 7.12. The van der Waals surface area contributed by atoms with Gasteiger partial charge in [-0.15, -0.1) is 0 Å². The highest BCUT2D eigenvalue weighted by Gasteiger charge is 2.21. The molecule has 0 aromatic rings. The minimum absolute atomic E-state index is 0.0570. The van der Waals surface area contributed by atoms with Crippen LogP contribution in [-0.4, -0.2) is 48.8 Å². The van der Waals surface area contributed by atoms with Crippen molar-refractivity contribution in [3.63, 3.8) is 0 Å². The molecular formula is C31H65NO2P+. The first kappa shape index (κ1) is 35.0. The van der Waals surface area contributed by atoms with Gasteiger partial charge in [-0.25, -0.2) is 0 Å². The van der Waals surface area contributed by atoms with Crippen molar-refractivity contribution in [1.82, 2.24) is 0 Å². The second kappa shape index (κ2) is 25.7. The van der Waals surface area contributed by atoms with E-state index in [-0.39, 0.29) is 5.52 Å². The summed E-state index contributed by atoms with van der Waals surface area (Å²) in [5, 5.41) is 0. The lowest BCUT2D eigenvalue weighted by Gasteiger charge is -2.23. The first-order chi connectivity index (χ1) is 16.9. The lowest BCUT2D eigenvalue weighted by Crippen LogP contribution is -2.39. The van der Waals surface area contributed by atoms with E-state index in [2.05, 4.69) is 6.92 Å². The molecular weight excluding hydrogens is 449 g/mol. The average molecular weight is 515 g/mol. The van der Waals surface area contributed by atoms with Crippen molar-refractivity contribution in [3.05, 3.63) is 0 Å². The molecule has 210 valence electrons. The summed E-state index contributed by atoms with van der Waals surface area (Å²) in [6.07, 6.45) is 34.2. The standard InChI is InChI=1S/C31H65NO2P/c1-5-6-7-8-9-10-11-12-13-14-15-16-17-18-19-20-21-22-23-24-25-26-27-28-29-35(34)31(33)30-32(2,3)4/h34H,5-30H2,1-4H3/q+1. The van der Waals surface area contributed by atoms with Gasteiger partial charge in [0.05, 0.1) is 21.1 Å². The molecule has 0 bridgehead atoms. The molecule has 35 heavy (non-hydrogen) atoms. The molecule has 0 saturated heterocycles. The zero-order chi connectivity index (χ0) is 26.0. The molecule has 0 rings (SSSR count). The Bertz CT molecular complexity index is 450. The number of hydrogen-bond acceptors (Lipinski definition) is 2. The Morgan fingerprint density at radius 2 is 0.771 bits per heavy atom. The second-order valence-electron chi connectivity index (χ2n) is 12.1. The van der Waals surface area contributed by atoms with Gasteiger partial charge in [-0.1, -0.05) is 155 Å². The van der Waals surface area contributed by atoms with Gasteiger partial charge in [0.2, 0.25) is 5.52 Å². The number of carbonyl (C=O) groups is 1. The molecule has 0 amide bonds. The quantitative estimate of drug-likeness (QED) is 0.0640. The van der Waals surface area contributed by atoms with Gasteiger partial charge in [-0.2, -0.15) is 0 Å². The molecule has 0 heterocycles. The van der Waals surface area contributed by atoms with Crippen LogP contribution in [0.4, 0.5) is 0 Å². The van der Waals surface area contributed by atoms with Crippen molar-refractivity contribution in [2.45, 2.75) is 161 Å². The van der Waals surface area contributed by atoms with Crippen LogP contribution in [0.1, 0.15) is 161 Å². The van der Waals surface area contributed by atoms with Gasteiger partial charge in [0.25, 0.3) is 0 Å². The van der Waals surface area contributed by atoms with Gasteiger partial charge in [-0.3, -0.25) is 4.79 Å². The molecule has 1 atom stereocenters. The predicted molar refractivity (Wildman–Crippen MR) is 158 cm³/mol. The average Bonchev–Trinajstić information content (AvgIpc) is 2.80. The number of carbonyl (C=O) groups excluding carboxylic acids is 1. The van der Waals surface area contributed by atoms with Crippen LogP contribution < -0.4 is 0 Å². The Kier molecular flexibility index (Phi) is 25.7. The van der Waals surface area contributed by atoms with E-state index in [1.807, 2.05) is 21.1 Å². The Balaban J connectivity index is 3.18. The van der Waals surface area contributed by atoms with Gasteiger partial charge in [0.1, 0.15) is 14.7 Å². The van der Waals surface area contributed by atoms with Gasteiger partial charge in [-0.05, 0) is 12.6 Å². The van der Waals surface area contributed by atoms with E-state index in [1.165, 1.54) is 141 Å². The summed E-state index contributed by atoms with van der Waals surface area (Å²) in [7, 11) is 4.60. The molecule has 1 unspecified atom stereocenters. The van der Waals surface area contributed by atoms with Crippen LogP contribution >= 0.6 is 8.15 Å². The monoisotopic (exact) mass is 514 g/mol. The molecule has 0 aliphatic rings. The van der Waals surface area contributed by atoms with E-state index in [4.69, 9.17) is 0 Å². The summed E-state index contributed by atoms with van der Waals surface area (Å²) >= 11 is 0. The largest absolute Gasteiger partial charge is 0.366 e. The molecule has 0 aliphatic carbocycles. The van der Waals surface area contributed by atoms with E-state index in [0.29, 0.717) is 17.2 Å². The Morgan fingerprint density at radius 1 is 0.514 bits per heavy atom. The summed E-state index contributed by atoms with van der Waals surface area (Å²) in [4.78, 5) is 22.0. The van der Waals surface area contributed by atoms with Crippen LogP contribution in [0.15, 0.2) is 0 Å². The highest BCUT2D eigenvalue weighted by molar-refractivity contribution is 7.69. The zero-order valence-corrected chi connectivity index (χ0v) is 25.5. The maximum absolute atomic E-state index is 12.0. The van der Waals surface area contributed by atoms with Gasteiger partial charge >= 0.3 is 0 Å². The molecule has 0 spiro atoms. The molecule has 1 N–H and O–H groups in total. The van der Waals surface area contributed by atoms with Crippen LogP contribution in [0.3, 0.4) is 0 Å². The molecule has 4 heteroatoms. The normalized spacial score (nSPS) is 12.8. The van der Waals surface area contributed by atoms with Crippen LogP contribution in [0, 0.1) is 0 Å². The number of hydrogen-bond donors (Lipinski definition) is 1. The Labute approximate surface area is 222 Å². The third-order valence-corrected chi connectivity index (χ3v) is 8.58. The number of rotatable bonds is 28. The van der Waals surface area contributed by atoms with E-state index in [1.54, 1.807) is 0 Å². The summed E-state index contributed by atoms with van der Waals surface area (Å²) in [5.74, 6) is 0. The van der Waals surface area contributed by atoms with Gasteiger partial charge in [0, 0.05) is 0 Å². The van der Waals surface area contributed by atoms with E-state index in [0.717, 1.165) is 12.8 Å². The molecule has 3 nitrogen and oxygen atoms in total. The maximum atomic E-state index is 12.0. The van der Waals surface area contributed by atoms with Crippen molar-refractivity contribution in [2.75, 3.05) is 33.8 Å². The van der Waals surface area contributed by atoms with Crippen molar-refractivity contribution in [1.29, 1.82) is 0 Å². The minimum atomic E-state index is -1.41. The molecule has 0 saturated carbocycles. The smallest absolute Gasteiger partial charge is 0.234 e. The lowest BCUT2D eigenvalue weighted by molar-refractivity contribution is -0.861. The van der Waals surface area contributed by atoms with Crippen molar-refractivity contribution < 1.29 is 14.2 Å². The number of unbranched alkanes of at least 4 members (excludes halogenated alkanes) is 23. The van der Waals surface area contributed by atoms with Gasteiger partial charge in [0.15, 0.2) is 0 Å². The summed E-state index contributed by atoms with van der Waals surface area (Å²) < 4.78 is 0.609. The van der Waals surface area contributed by atoms with Crippen molar-refractivity contribution in [3.8, 4) is 0 Å². The summed E-state index contributed by atoms with van der Waals surface area (Å²) in [5.41, 5.74) is 0.0570. The first-order valence-electron chi connectivity index (χ1n) is 15.7. The molecule has 0 aromatic carbocycles. The van der Waals surface area contributed by atoms with Gasteiger partial charge < -0.3 is 9.38 Å². The van der Waals surface area contributed by atoms with Crippen LogP contribution in [0.2, 0.25) is 0 Å². The summed E-state index contributed by atoms with van der Waals surface area (Å²) in [6, 6.07) is 0. The van der Waals surface area contributed by atoms with E-state index < -0.39 is 8.15 Å². The predicted octanol–water partition coefficient (Wildman–Crippen LogP) is 9.99. The topological polar surface area (TPSA) is 37.3 Å². The van der Waals surface area contributed by atoms with Crippen LogP contribution in [0.25, 0.3) is 0 Å². The third kappa shape index (κ3) is 28.4. The Hall–Kier alpha value is 0.0200. The van der Waals surface area contributed by atoms with E-state index >= 15 is 0 Å². The van der Waals surface area contributed by atoms with Crippen molar-refractivity contribution in [2.24, 2.45) is 0 Å². The number of nitrogens with zero attached hydrogens (tertiary/aromatic N) is 1. The van der Waals surface area contributed by atoms with E-state index in [9.17, 15) is 9.69 Å². The number of likely N-dealkylation sites (N-methyl/N-ethyl adjacent to an activating group) is 1. The van der Waals surface area contributed by atoms with Crippen molar-refractivity contribution >= 4 is 13.7 Å². The Morgan fingerprint density at radius 3 is 1.03 bits per heavy atom. The molecule has 0 fully saturated rings. The highest BCUT2D eigenvalue weighted by atomic mass is 31.1. The minimum Gasteiger partial charge on any atom is -0.366 e. The fraction of sp³-hybridized carbons (Fsp3) is 0.968. The summed E-state index contributed by atoms with van der Waals surface area (Å²) in [6.45, 7) is 2.74. The molecule has 0 radical (unpaired) electrons. The first-order valence-corrected chi connectivity index (χ1v) is 17.1. The SMILES string of the molecule is CCCCCCCCCCCCCCCCCCCCCCCCCCP(O)C(=O)C[N+](C)(C)C. The van der Waals surface area contributed by atoms with Crippen LogP contribution in [-0.2, 0) is 4.79 Å². The lowest BCUT2D eigenvalue weighted by atomic mass is 10.0. The fourth-order valence-corrected chi connectivity index (χ4v) is 6.20. The highest BCUT2D eigenvalue weighted by Crippen LogP contribution is 2.33. The number of quaternary nitrogens is 1. The van der Waals surface area contributed by atoms with Crippen LogP contribution in [0.5, 0.6) is 0 Å². The second-order valence-corrected chi connectivity index (χ2v) is 13.8. The molecule has 0 aliphatic heterocycles. The maximum Gasteiger partial charge on any atom is 0.234 e. The zero-order valence-electron chi connectivity index (χ0n) is 24.6. The molecule has 0 aromatic heterocycles. The fourth-order valence-electron chi connectivity index (χ4n) is 4.84.